The molecule has 1 aromatic heterocycles. The van der Waals surface area contributed by atoms with Gasteiger partial charge >= 0.3 is 11.7 Å². The van der Waals surface area contributed by atoms with Crippen LogP contribution in [0, 0.1) is 6.92 Å². The van der Waals surface area contributed by atoms with Crippen LogP contribution in [0.25, 0.3) is 10.4 Å². The van der Waals surface area contributed by atoms with Crippen molar-refractivity contribution < 1.29 is 19.0 Å². The molecule has 33 heavy (non-hydrogen) atoms. The van der Waals surface area contributed by atoms with E-state index in [-0.39, 0.29) is 19.0 Å². The lowest BCUT2D eigenvalue weighted by Gasteiger charge is -2.17. The standard InChI is InChI=1S/C22H35N5O6/c1-16-14-27(22(30)24-21(16)29)19-13-17(25-26-23)18(33-19)15-32-20(28)11-9-7-5-3-4-6-8-10-12-31-2/h14,17-19H,3-13,15H2,1-2H3,(H,24,29,30)/t17-,18+,19+/m0/s1. The van der Waals surface area contributed by atoms with E-state index >= 15 is 0 Å². The summed E-state index contributed by atoms with van der Waals surface area (Å²) >= 11 is 0. The smallest absolute Gasteiger partial charge is 0.330 e. The van der Waals surface area contributed by atoms with Crippen molar-refractivity contribution in [3.05, 3.63) is 43.0 Å². The first-order chi connectivity index (χ1) is 16.0. The average molecular weight is 466 g/mol. The SMILES string of the molecule is COCCCCCCCCCCC(=O)OC[C@H]1O[C@@H](n2cc(C)c(=O)[nH]c2=O)C[C@@H]1N=[N+]=[N-]. The Morgan fingerprint density at radius 1 is 1.21 bits per heavy atom. The Bertz CT molecular complexity index is 907. The Morgan fingerprint density at radius 3 is 2.55 bits per heavy atom. The van der Waals surface area contributed by atoms with Gasteiger partial charge in [0.25, 0.3) is 5.56 Å². The van der Waals surface area contributed by atoms with Gasteiger partial charge in [-0.05, 0) is 25.3 Å². The molecule has 0 bridgehead atoms. The summed E-state index contributed by atoms with van der Waals surface area (Å²) in [5.74, 6) is -0.321. The Morgan fingerprint density at radius 2 is 1.88 bits per heavy atom. The molecular weight excluding hydrogens is 430 g/mol. The maximum atomic E-state index is 12.1. The second-order valence-corrected chi connectivity index (χ2v) is 8.37. The summed E-state index contributed by atoms with van der Waals surface area (Å²) < 4.78 is 17.5. The molecule has 0 saturated carbocycles. The highest BCUT2D eigenvalue weighted by molar-refractivity contribution is 5.69. The second-order valence-electron chi connectivity index (χ2n) is 8.37. The molecule has 3 atom stereocenters. The predicted molar refractivity (Wildman–Crippen MR) is 122 cm³/mol. The third-order valence-corrected chi connectivity index (χ3v) is 5.75. The summed E-state index contributed by atoms with van der Waals surface area (Å²) in [6, 6.07) is -0.587. The largest absolute Gasteiger partial charge is 0.463 e. The number of hydrogen-bond acceptors (Lipinski definition) is 7. The number of esters is 1. The van der Waals surface area contributed by atoms with Gasteiger partial charge in [-0.1, -0.05) is 43.6 Å². The number of carbonyl (C=O) groups excluding carboxylic acids is 1. The molecule has 11 heteroatoms. The average Bonchev–Trinajstić information content (AvgIpc) is 3.18. The van der Waals surface area contributed by atoms with Crippen LogP contribution in [0.3, 0.4) is 0 Å². The van der Waals surface area contributed by atoms with Gasteiger partial charge in [-0.15, -0.1) is 0 Å². The Labute approximate surface area is 193 Å². The van der Waals surface area contributed by atoms with Crippen molar-refractivity contribution in [1.29, 1.82) is 0 Å². The zero-order valence-electron chi connectivity index (χ0n) is 19.5. The molecule has 184 valence electrons. The summed E-state index contributed by atoms with van der Waals surface area (Å²) in [5, 5.41) is 3.73. The second kappa shape index (κ2) is 14.5. The molecule has 1 aromatic rings. The maximum Gasteiger partial charge on any atom is 0.330 e. The van der Waals surface area contributed by atoms with Crippen LogP contribution in [0.4, 0.5) is 0 Å². The van der Waals surface area contributed by atoms with Crippen molar-refractivity contribution >= 4 is 5.97 Å². The van der Waals surface area contributed by atoms with E-state index in [2.05, 4.69) is 15.0 Å². The number of H-pyrrole nitrogens is 1. The van der Waals surface area contributed by atoms with Crippen molar-refractivity contribution in [1.82, 2.24) is 9.55 Å². The lowest BCUT2D eigenvalue weighted by atomic mass is 10.1. The first-order valence-electron chi connectivity index (χ1n) is 11.6. The molecule has 0 radical (unpaired) electrons. The number of ether oxygens (including phenoxy) is 3. The van der Waals surface area contributed by atoms with Gasteiger partial charge in [-0.25, -0.2) is 4.79 Å². The minimum atomic E-state index is -0.721. The molecule has 0 aromatic carbocycles. The molecule has 11 nitrogen and oxygen atoms in total. The molecule has 0 spiro atoms. The number of azide groups is 1. The lowest BCUT2D eigenvalue weighted by molar-refractivity contribution is -0.148. The van der Waals surface area contributed by atoms with Crippen LogP contribution in [-0.4, -0.2) is 48.0 Å². The molecule has 2 heterocycles. The number of aromatic amines is 1. The Hall–Kier alpha value is -2.62. The van der Waals surface area contributed by atoms with E-state index in [1.54, 1.807) is 14.0 Å². The van der Waals surface area contributed by atoms with Crippen LogP contribution in [-0.2, 0) is 19.0 Å². The van der Waals surface area contributed by atoms with E-state index in [9.17, 15) is 14.4 Å². The Kier molecular flexibility index (Phi) is 11.7. The number of hydrogen-bond donors (Lipinski definition) is 1. The van der Waals surface area contributed by atoms with E-state index in [1.807, 2.05) is 0 Å². The normalized spacial score (nSPS) is 19.9. The molecule has 1 N–H and O–H groups in total. The van der Waals surface area contributed by atoms with Crippen LogP contribution in [0.1, 0.15) is 76.0 Å². The van der Waals surface area contributed by atoms with Crippen molar-refractivity contribution in [2.75, 3.05) is 20.3 Å². The first-order valence-corrected chi connectivity index (χ1v) is 11.6. The highest BCUT2D eigenvalue weighted by atomic mass is 16.6. The van der Waals surface area contributed by atoms with Crippen LogP contribution in [0.2, 0.25) is 0 Å². The summed E-state index contributed by atoms with van der Waals surface area (Å²) in [6.07, 6.45) is 9.31. The van der Waals surface area contributed by atoms with E-state index < -0.39 is 29.6 Å². The fourth-order valence-corrected chi connectivity index (χ4v) is 3.85. The van der Waals surface area contributed by atoms with Crippen molar-refractivity contribution in [3.63, 3.8) is 0 Å². The number of nitrogens with one attached hydrogen (secondary N) is 1. The van der Waals surface area contributed by atoms with E-state index in [0.717, 1.165) is 38.7 Å². The summed E-state index contributed by atoms with van der Waals surface area (Å²) in [5.41, 5.74) is 8.13. The van der Waals surface area contributed by atoms with E-state index in [1.165, 1.54) is 30.0 Å². The van der Waals surface area contributed by atoms with Crippen LogP contribution < -0.4 is 11.2 Å². The molecule has 1 fully saturated rings. The zero-order valence-corrected chi connectivity index (χ0v) is 19.5. The van der Waals surface area contributed by atoms with E-state index in [4.69, 9.17) is 19.7 Å². The van der Waals surface area contributed by atoms with Crippen LogP contribution >= 0.6 is 0 Å². The topological polar surface area (TPSA) is 148 Å². The van der Waals surface area contributed by atoms with Gasteiger partial charge < -0.3 is 14.2 Å². The number of aryl methyl sites for hydroxylation is 1. The quantitative estimate of drug-likeness (QED) is 0.138. The highest BCUT2D eigenvalue weighted by Crippen LogP contribution is 2.30. The number of aromatic nitrogens is 2. The fraction of sp³-hybridized carbons (Fsp3) is 0.773. The molecule has 1 saturated heterocycles. The lowest BCUT2D eigenvalue weighted by Crippen LogP contribution is -2.33. The molecular formula is C22H35N5O6. The van der Waals surface area contributed by atoms with Gasteiger partial charge in [0.2, 0.25) is 0 Å². The monoisotopic (exact) mass is 465 g/mol. The van der Waals surface area contributed by atoms with Crippen molar-refractivity contribution in [3.8, 4) is 0 Å². The van der Waals surface area contributed by atoms with Gasteiger partial charge in [0.05, 0.1) is 6.04 Å². The third-order valence-electron chi connectivity index (χ3n) is 5.75. The van der Waals surface area contributed by atoms with Gasteiger partial charge in [0.15, 0.2) is 0 Å². The Balaban J connectivity index is 1.71. The maximum absolute atomic E-state index is 12.1. The predicted octanol–water partition coefficient (Wildman–Crippen LogP) is 3.51. The van der Waals surface area contributed by atoms with Gasteiger partial charge in [-0.3, -0.25) is 19.1 Å². The summed E-state index contributed by atoms with van der Waals surface area (Å²) in [6.45, 7) is 2.35. The molecule has 1 aliphatic rings. The highest BCUT2D eigenvalue weighted by Gasteiger charge is 2.37. The molecule has 2 rings (SSSR count). The number of carbonyl (C=O) groups is 1. The number of rotatable bonds is 15. The number of unbranched alkanes of at least 4 members (excludes halogenated alkanes) is 7. The number of methoxy groups -OCH3 is 1. The van der Waals surface area contributed by atoms with Gasteiger partial charge in [-0.2, -0.15) is 0 Å². The molecule has 0 unspecified atom stereocenters. The third kappa shape index (κ3) is 9.03. The minimum absolute atomic E-state index is 0.0580. The zero-order chi connectivity index (χ0) is 24.1. The summed E-state index contributed by atoms with van der Waals surface area (Å²) in [4.78, 5) is 40.9. The first kappa shape index (κ1) is 26.6. The fourth-order valence-electron chi connectivity index (χ4n) is 3.85. The molecule has 0 amide bonds. The van der Waals surface area contributed by atoms with Crippen molar-refractivity contribution in [2.45, 2.75) is 89.5 Å². The molecule has 1 aliphatic heterocycles. The van der Waals surface area contributed by atoms with Gasteiger partial charge in [0.1, 0.15) is 18.9 Å². The van der Waals surface area contributed by atoms with Crippen LogP contribution in [0.5, 0.6) is 0 Å². The molecule has 0 aliphatic carbocycles. The van der Waals surface area contributed by atoms with Gasteiger partial charge in [0, 0.05) is 43.2 Å². The van der Waals surface area contributed by atoms with E-state index in [0.29, 0.717) is 12.0 Å². The number of nitrogens with zero attached hydrogens (tertiary/aromatic N) is 4. The van der Waals surface area contributed by atoms with Crippen LogP contribution in [0.15, 0.2) is 20.9 Å². The van der Waals surface area contributed by atoms with Crippen molar-refractivity contribution in [2.24, 2.45) is 5.11 Å². The summed E-state index contributed by atoms with van der Waals surface area (Å²) in [7, 11) is 1.72. The minimum Gasteiger partial charge on any atom is -0.463 e.